The molecule has 0 fully saturated rings. The normalized spacial score (nSPS) is 11.8. The minimum absolute atomic E-state index is 0.219. The first-order chi connectivity index (χ1) is 9.56. The molecule has 0 aliphatic rings. The van der Waals surface area contributed by atoms with Gasteiger partial charge in [-0.3, -0.25) is 4.79 Å². The van der Waals surface area contributed by atoms with E-state index in [0.717, 1.165) is 11.3 Å². The molecule has 0 spiro atoms. The van der Waals surface area contributed by atoms with Gasteiger partial charge in [0.15, 0.2) is 6.10 Å². The van der Waals surface area contributed by atoms with Crippen molar-refractivity contribution in [2.24, 2.45) is 0 Å². The summed E-state index contributed by atoms with van der Waals surface area (Å²) in [5.41, 5.74) is 2.18. The Morgan fingerprint density at radius 2 is 2.05 bits per heavy atom. The van der Waals surface area contributed by atoms with Gasteiger partial charge < -0.3 is 10.1 Å². The third-order valence-electron chi connectivity index (χ3n) is 2.92. The molecule has 4 nitrogen and oxygen atoms in total. The molecule has 1 aromatic carbocycles. The number of carbonyl (C=O) groups is 1. The molecule has 20 heavy (non-hydrogen) atoms. The van der Waals surface area contributed by atoms with E-state index in [1.165, 1.54) is 5.56 Å². The number of hydrogen-bond acceptors (Lipinski definition) is 3. The van der Waals surface area contributed by atoms with Gasteiger partial charge in [0.2, 0.25) is 0 Å². The summed E-state index contributed by atoms with van der Waals surface area (Å²) in [6.07, 6.45) is 1.05. The number of rotatable bonds is 4. The molecular weight excluding hydrogens is 252 g/mol. The number of ether oxygens (including phenoxy) is 1. The summed E-state index contributed by atoms with van der Waals surface area (Å²) in [5.74, 6) is 1.02. The number of hydrogen-bond donors (Lipinski definition) is 1. The maximum absolute atomic E-state index is 12.0. The third-order valence-corrected chi connectivity index (χ3v) is 2.92. The maximum atomic E-state index is 12.0. The van der Waals surface area contributed by atoms with Gasteiger partial charge in [-0.05, 0) is 44.5 Å². The van der Waals surface area contributed by atoms with Crippen LogP contribution in [-0.2, 0) is 4.79 Å². The predicted octanol–water partition coefficient (Wildman–Crippen LogP) is 3.10. The molecule has 0 radical (unpaired) electrons. The zero-order chi connectivity index (χ0) is 14.5. The first-order valence-electron chi connectivity index (χ1n) is 6.52. The largest absolute Gasteiger partial charge is 0.481 e. The van der Waals surface area contributed by atoms with Gasteiger partial charge in [-0.25, -0.2) is 4.98 Å². The molecule has 1 aromatic heterocycles. The lowest BCUT2D eigenvalue weighted by Crippen LogP contribution is -2.30. The predicted molar refractivity (Wildman–Crippen MR) is 78.9 cm³/mol. The van der Waals surface area contributed by atoms with Crippen molar-refractivity contribution in [2.45, 2.75) is 26.9 Å². The van der Waals surface area contributed by atoms with Crippen molar-refractivity contribution in [3.05, 3.63) is 53.7 Å². The maximum Gasteiger partial charge on any atom is 0.266 e. The Morgan fingerprint density at radius 3 is 2.70 bits per heavy atom. The molecule has 1 atom stereocenters. The van der Waals surface area contributed by atoms with Crippen molar-refractivity contribution in [1.29, 1.82) is 0 Å². The summed E-state index contributed by atoms with van der Waals surface area (Å²) in [7, 11) is 0. The Balaban J connectivity index is 2.00. The number of nitrogens with one attached hydrogen (secondary N) is 1. The first kappa shape index (κ1) is 14.1. The number of pyridine rings is 1. The molecule has 1 N–H and O–H groups in total. The van der Waals surface area contributed by atoms with Crippen LogP contribution in [0.4, 0.5) is 5.82 Å². The van der Waals surface area contributed by atoms with Crippen molar-refractivity contribution < 1.29 is 9.53 Å². The van der Waals surface area contributed by atoms with Crippen LogP contribution in [0, 0.1) is 13.8 Å². The van der Waals surface area contributed by atoms with E-state index in [0.29, 0.717) is 5.82 Å². The van der Waals surface area contributed by atoms with E-state index in [2.05, 4.69) is 10.3 Å². The monoisotopic (exact) mass is 270 g/mol. The lowest BCUT2D eigenvalue weighted by Gasteiger charge is -2.16. The smallest absolute Gasteiger partial charge is 0.266 e. The van der Waals surface area contributed by atoms with Gasteiger partial charge in [-0.15, -0.1) is 0 Å². The minimum Gasteiger partial charge on any atom is -0.481 e. The molecular formula is C16H18N2O2. The molecule has 0 bridgehead atoms. The fourth-order valence-electron chi connectivity index (χ4n) is 1.84. The number of anilines is 1. The number of aromatic nitrogens is 1. The summed E-state index contributed by atoms with van der Waals surface area (Å²) in [4.78, 5) is 16.1. The fourth-order valence-corrected chi connectivity index (χ4v) is 1.84. The van der Waals surface area contributed by atoms with Crippen molar-refractivity contribution in [3.63, 3.8) is 0 Å². The number of aryl methyl sites for hydroxylation is 2. The number of benzene rings is 1. The lowest BCUT2D eigenvalue weighted by molar-refractivity contribution is -0.122. The van der Waals surface area contributed by atoms with Crippen molar-refractivity contribution >= 4 is 11.7 Å². The van der Waals surface area contributed by atoms with Crippen LogP contribution in [-0.4, -0.2) is 17.0 Å². The van der Waals surface area contributed by atoms with E-state index in [-0.39, 0.29) is 5.91 Å². The molecule has 0 aliphatic carbocycles. The highest BCUT2D eigenvalue weighted by Gasteiger charge is 2.16. The van der Waals surface area contributed by atoms with Crippen LogP contribution in [0.5, 0.6) is 5.75 Å². The van der Waals surface area contributed by atoms with Gasteiger partial charge in [0.05, 0.1) is 0 Å². The highest BCUT2D eigenvalue weighted by molar-refractivity contribution is 5.93. The van der Waals surface area contributed by atoms with Crippen molar-refractivity contribution in [2.75, 3.05) is 5.32 Å². The second kappa shape index (κ2) is 6.19. The molecule has 4 heteroatoms. The number of nitrogens with zero attached hydrogens (tertiary/aromatic N) is 1. The van der Waals surface area contributed by atoms with E-state index in [9.17, 15) is 4.79 Å². The molecule has 2 aromatic rings. The van der Waals surface area contributed by atoms with Crippen LogP contribution in [0.2, 0.25) is 0 Å². The summed E-state index contributed by atoms with van der Waals surface area (Å²) in [6.45, 7) is 5.71. The van der Waals surface area contributed by atoms with Gasteiger partial charge in [-0.2, -0.15) is 0 Å². The highest BCUT2D eigenvalue weighted by Crippen LogP contribution is 2.20. The van der Waals surface area contributed by atoms with Crippen LogP contribution in [0.3, 0.4) is 0 Å². The van der Waals surface area contributed by atoms with E-state index in [4.69, 9.17) is 4.74 Å². The Morgan fingerprint density at radius 1 is 1.25 bits per heavy atom. The van der Waals surface area contributed by atoms with Crippen molar-refractivity contribution in [3.8, 4) is 5.75 Å². The summed E-state index contributed by atoms with van der Waals surface area (Å²) in [5, 5.41) is 2.72. The van der Waals surface area contributed by atoms with Gasteiger partial charge in [0, 0.05) is 6.20 Å². The first-order valence-corrected chi connectivity index (χ1v) is 6.52. The SMILES string of the molecule is Cc1ccc(OC(C)C(=O)Nc2ccccn2)c(C)c1. The van der Waals surface area contributed by atoms with Crippen LogP contribution in [0.1, 0.15) is 18.1 Å². The summed E-state index contributed by atoms with van der Waals surface area (Å²) < 4.78 is 5.69. The average molecular weight is 270 g/mol. The Bertz CT molecular complexity index is 597. The van der Waals surface area contributed by atoms with E-state index in [1.807, 2.05) is 38.1 Å². The van der Waals surface area contributed by atoms with Gasteiger partial charge in [0.1, 0.15) is 11.6 Å². The standard InChI is InChI=1S/C16H18N2O2/c1-11-7-8-14(12(2)10-11)20-13(3)16(19)18-15-6-4-5-9-17-15/h4-10,13H,1-3H3,(H,17,18,19). The number of carbonyl (C=O) groups excluding carboxylic acids is 1. The zero-order valence-electron chi connectivity index (χ0n) is 11.9. The zero-order valence-corrected chi connectivity index (χ0v) is 11.9. The van der Waals surface area contributed by atoms with E-state index in [1.54, 1.807) is 25.3 Å². The fraction of sp³-hybridized carbons (Fsp3) is 0.250. The van der Waals surface area contributed by atoms with Gasteiger partial charge >= 0.3 is 0 Å². The molecule has 0 aliphatic heterocycles. The van der Waals surface area contributed by atoms with Crippen LogP contribution < -0.4 is 10.1 Å². The van der Waals surface area contributed by atoms with Gasteiger partial charge in [0.25, 0.3) is 5.91 Å². The third kappa shape index (κ3) is 3.57. The molecule has 1 unspecified atom stereocenters. The minimum atomic E-state index is -0.585. The molecule has 104 valence electrons. The van der Waals surface area contributed by atoms with E-state index < -0.39 is 6.10 Å². The Labute approximate surface area is 118 Å². The second-order valence-electron chi connectivity index (χ2n) is 4.73. The molecule has 0 saturated heterocycles. The topological polar surface area (TPSA) is 51.2 Å². The molecule has 1 amide bonds. The quantitative estimate of drug-likeness (QED) is 0.928. The average Bonchev–Trinajstić information content (AvgIpc) is 2.43. The van der Waals surface area contributed by atoms with Crippen LogP contribution in [0.25, 0.3) is 0 Å². The summed E-state index contributed by atoms with van der Waals surface area (Å²) >= 11 is 0. The number of amides is 1. The molecule has 2 rings (SSSR count). The van der Waals surface area contributed by atoms with Gasteiger partial charge in [-0.1, -0.05) is 23.8 Å². The second-order valence-corrected chi connectivity index (χ2v) is 4.73. The lowest BCUT2D eigenvalue weighted by atomic mass is 10.1. The summed E-state index contributed by atoms with van der Waals surface area (Å²) in [6, 6.07) is 11.2. The molecule has 0 saturated carbocycles. The molecule has 1 heterocycles. The van der Waals surface area contributed by atoms with E-state index >= 15 is 0 Å². The van der Waals surface area contributed by atoms with Crippen molar-refractivity contribution in [1.82, 2.24) is 4.98 Å². The van der Waals surface area contributed by atoms with Crippen LogP contribution in [0.15, 0.2) is 42.6 Å². The van der Waals surface area contributed by atoms with Crippen LogP contribution >= 0.6 is 0 Å². The Hall–Kier alpha value is -2.36. The Kier molecular flexibility index (Phi) is 4.35. The highest BCUT2D eigenvalue weighted by atomic mass is 16.5.